The molecule has 1 aliphatic carbocycles. The molecule has 0 amide bonds. The van der Waals surface area contributed by atoms with Gasteiger partial charge in [0.25, 0.3) is 0 Å². The molecule has 0 spiro atoms. The normalized spacial score (nSPS) is 22.3. The van der Waals surface area contributed by atoms with Gasteiger partial charge < -0.3 is 0 Å². The van der Waals surface area contributed by atoms with Crippen LogP contribution in [0.3, 0.4) is 0 Å². The number of carbonyl (C=O) groups excluding carboxylic acids is 1. The average molecular weight is 281 g/mol. The van der Waals surface area contributed by atoms with Crippen LogP contribution in [0, 0.1) is 11.8 Å². The lowest BCUT2D eigenvalue weighted by Crippen LogP contribution is -2.22. The Morgan fingerprint density at radius 2 is 1.90 bits per heavy atom. The number of hydrogen-bond acceptors (Lipinski definition) is 2. The summed E-state index contributed by atoms with van der Waals surface area (Å²) in [6.07, 6.45) is 10.7. The predicted octanol–water partition coefficient (Wildman–Crippen LogP) is 5.02. The first kappa shape index (κ1) is 14.2. The Balaban J connectivity index is 1.79. The summed E-state index contributed by atoms with van der Waals surface area (Å²) in [5, 5.41) is 2.11. The third-order valence-electron chi connectivity index (χ3n) is 4.85. The van der Waals surface area contributed by atoms with Crippen molar-refractivity contribution in [2.45, 2.75) is 45.4 Å². The molecular weight excluding hydrogens is 258 g/mol. The molecule has 1 aliphatic rings. The number of rotatable bonds is 4. The lowest BCUT2D eigenvalue weighted by Gasteiger charge is -2.27. The van der Waals surface area contributed by atoms with Crippen molar-refractivity contribution < 1.29 is 4.79 Å². The standard InChI is InChI=1S/C19H23NO/c1-2-5-14-8-10-15(11-9-14)19(21)18-13-20-12-16-6-3-4-7-17(16)18/h3-4,6-7,12-15H,2,5,8-11H2,1H3. The van der Waals surface area contributed by atoms with Gasteiger partial charge in [-0.3, -0.25) is 9.78 Å². The van der Waals surface area contributed by atoms with Gasteiger partial charge >= 0.3 is 0 Å². The van der Waals surface area contributed by atoms with E-state index >= 15 is 0 Å². The molecule has 3 rings (SSSR count). The minimum absolute atomic E-state index is 0.200. The van der Waals surface area contributed by atoms with Crippen molar-refractivity contribution in [3.8, 4) is 0 Å². The smallest absolute Gasteiger partial charge is 0.168 e. The number of fused-ring (bicyclic) bond motifs is 1. The maximum atomic E-state index is 12.8. The van der Waals surface area contributed by atoms with Crippen molar-refractivity contribution in [3.63, 3.8) is 0 Å². The fourth-order valence-corrected chi connectivity index (χ4v) is 3.65. The van der Waals surface area contributed by atoms with Crippen LogP contribution in [-0.2, 0) is 0 Å². The fourth-order valence-electron chi connectivity index (χ4n) is 3.65. The minimum Gasteiger partial charge on any atom is -0.294 e. The molecule has 1 heterocycles. The van der Waals surface area contributed by atoms with Crippen LogP contribution in [0.5, 0.6) is 0 Å². The van der Waals surface area contributed by atoms with E-state index in [1.165, 1.54) is 25.7 Å². The van der Waals surface area contributed by atoms with E-state index < -0.39 is 0 Å². The highest BCUT2D eigenvalue weighted by Crippen LogP contribution is 2.34. The average Bonchev–Trinajstić information content (AvgIpc) is 2.55. The van der Waals surface area contributed by atoms with Crippen LogP contribution >= 0.6 is 0 Å². The molecule has 0 bridgehead atoms. The highest BCUT2D eigenvalue weighted by atomic mass is 16.1. The number of Topliss-reactive ketones (excluding diaryl/α,β-unsaturated/α-hetero) is 1. The van der Waals surface area contributed by atoms with Gasteiger partial charge in [0, 0.05) is 29.3 Å². The summed E-state index contributed by atoms with van der Waals surface area (Å²) < 4.78 is 0. The van der Waals surface area contributed by atoms with Crippen LogP contribution in [0.4, 0.5) is 0 Å². The first-order valence-electron chi connectivity index (χ1n) is 8.16. The zero-order valence-corrected chi connectivity index (χ0v) is 12.7. The van der Waals surface area contributed by atoms with Gasteiger partial charge in [-0.2, -0.15) is 0 Å². The van der Waals surface area contributed by atoms with E-state index in [0.29, 0.717) is 5.78 Å². The molecule has 1 aromatic heterocycles. The molecular formula is C19H23NO. The molecule has 2 nitrogen and oxygen atoms in total. The third-order valence-corrected chi connectivity index (χ3v) is 4.85. The Labute approximate surface area is 126 Å². The number of hydrogen-bond donors (Lipinski definition) is 0. The van der Waals surface area contributed by atoms with E-state index in [1.807, 2.05) is 30.5 Å². The largest absolute Gasteiger partial charge is 0.294 e. The van der Waals surface area contributed by atoms with Gasteiger partial charge in [-0.15, -0.1) is 0 Å². The summed E-state index contributed by atoms with van der Waals surface area (Å²) in [5.74, 6) is 1.34. The lowest BCUT2D eigenvalue weighted by atomic mass is 9.77. The van der Waals surface area contributed by atoms with Crippen LogP contribution in [0.15, 0.2) is 36.7 Å². The number of benzene rings is 1. The first-order chi connectivity index (χ1) is 10.3. The summed E-state index contributed by atoms with van der Waals surface area (Å²) in [7, 11) is 0. The van der Waals surface area contributed by atoms with Crippen molar-refractivity contribution in [1.82, 2.24) is 4.98 Å². The van der Waals surface area contributed by atoms with Gasteiger partial charge in [-0.25, -0.2) is 0 Å². The molecule has 110 valence electrons. The van der Waals surface area contributed by atoms with Crippen LogP contribution in [0.25, 0.3) is 10.8 Å². The number of aromatic nitrogens is 1. The fraction of sp³-hybridized carbons (Fsp3) is 0.474. The highest BCUT2D eigenvalue weighted by molar-refractivity contribution is 6.08. The predicted molar refractivity (Wildman–Crippen MR) is 86.4 cm³/mol. The van der Waals surface area contributed by atoms with E-state index in [-0.39, 0.29) is 5.92 Å². The molecule has 1 saturated carbocycles. The van der Waals surface area contributed by atoms with Gasteiger partial charge in [-0.05, 0) is 37.0 Å². The van der Waals surface area contributed by atoms with E-state index in [1.54, 1.807) is 6.20 Å². The van der Waals surface area contributed by atoms with Crippen LogP contribution < -0.4 is 0 Å². The first-order valence-corrected chi connectivity index (χ1v) is 8.16. The second-order valence-electron chi connectivity index (χ2n) is 6.28. The molecule has 1 fully saturated rings. The Kier molecular flexibility index (Phi) is 4.33. The number of carbonyl (C=O) groups is 1. The Hall–Kier alpha value is -1.70. The van der Waals surface area contributed by atoms with E-state index in [2.05, 4.69) is 11.9 Å². The summed E-state index contributed by atoms with van der Waals surface area (Å²) >= 11 is 0. The van der Waals surface area contributed by atoms with Gasteiger partial charge in [0.15, 0.2) is 5.78 Å². The minimum atomic E-state index is 0.200. The topological polar surface area (TPSA) is 30.0 Å². The number of nitrogens with zero attached hydrogens (tertiary/aromatic N) is 1. The van der Waals surface area contributed by atoms with Crippen molar-refractivity contribution in [1.29, 1.82) is 0 Å². The monoisotopic (exact) mass is 281 g/mol. The van der Waals surface area contributed by atoms with Gasteiger partial charge in [0.05, 0.1) is 0 Å². The highest BCUT2D eigenvalue weighted by Gasteiger charge is 2.27. The lowest BCUT2D eigenvalue weighted by molar-refractivity contribution is 0.0871. The van der Waals surface area contributed by atoms with Gasteiger partial charge in [0.1, 0.15) is 0 Å². The summed E-state index contributed by atoms with van der Waals surface area (Å²) in [4.78, 5) is 17.1. The molecule has 2 heteroatoms. The number of pyridine rings is 1. The SMILES string of the molecule is CCCC1CCC(C(=O)c2cncc3ccccc23)CC1. The van der Waals surface area contributed by atoms with Crippen molar-refractivity contribution >= 4 is 16.6 Å². The molecule has 21 heavy (non-hydrogen) atoms. The summed E-state index contributed by atoms with van der Waals surface area (Å²) in [6.45, 7) is 2.25. The van der Waals surface area contributed by atoms with Gasteiger partial charge in [0.2, 0.25) is 0 Å². The second kappa shape index (κ2) is 6.38. The second-order valence-corrected chi connectivity index (χ2v) is 6.28. The third kappa shape index (κ3) is 2.99. The van der Waals surface area contributed by atoms with Gasteiger partial charge in [-0.1, -0.05) is 44.0 Å². The van der Waals surface area contributed by atoms with Crippen molar-refractivity contribution in [3.05, 3.63) is 42.2 Å². The van der Waals surface area contributed by atoms with Crippen LogP contribution in [0.2, 0.25) is 0 Å². The molecule has 1 aromatic carbocycles. The molecule has 0 atom stereocenters. The Bertz CT molecular complexity index is 621. The molecule has 2 aromatic rings. The van der Waals surface area contributed by atoms with E-state index in [4.69, 9.17) is 0 Å². The molecule has 0 unspecified atom stereocenters. The Morgan fingerprint density at radius 1 is 1.14 bits per heavy atom. The summed E-state index contributed by atoms with van der Waals surface area (Å²) in [6, 6.07) is 8.05. The van der Waals surface area contributed by atoms with Crippen molar-refractivity contribution in [2.24, 2.45) is 11.8 Å². The molecule has 0 N–H and O–H groups in total. The van der Waals surface area contributed by atoms with Crippen LogP contribution in [-0.4, -0.2) is 10.8 Å². The molecule has 0 aliphatic heterocycles. The zero-order chi connectivity index (χ0) is 14.7. The van der Waals surface area contributed by atoms with Crippen molar-refractivity contribution in [2.75, 3.05) is 0 Å². The van der Waals surface area contributed by atoms with E-state index in [0.717, 1.165) is 35.1 Å². The van der Waals surface area contributed by atoms with E-state index in [9.17, 15) is 4.79 Å². The quantitative estimate of drug-likeness (QED) is 0.736. The van der Waals surface area contributed by atoms with Crippen LogP contribution in [0.1, 0.15) is 55.8 Å². The zero-order valence-electron chi connectivity index (χ0n) is 12.7. The Morgan fingerprint density at radius 3 is 2.67 bits per heavy atom. The number of ketones is 1. The molecule has 0 saturated heterocycles. The maximum absolute atomic E-state index is 12.8. The maximum Gasteiger partial charge on any atom is 0.168 e. The molecule has 0 radical (unpaired) electrons. The summed E-state index contributed by atoms with van der Waals surface area (Å²) in [5.41, 5.74) is 0.812.